The zero-order valence-corrected chi connectivity index (χ0v) is 24.6. The fraction of sp³-hybridized carbons (Fsp3) is 0.172. The molecule has 4 aromatic rings. The Bertz CT molecular complexity index is 1720. The van der Waals surface area contributed by atoms with E-state index in [1.54, 1.807) is 31.4 Å². The molecule has 41 heavy (non-hydrogen) atoms. The van der Waals surface area contributed by atoms with Crippen LogP contribution in [0, 0.1) is 11.7 Å². The van der Waals surface area contributed by atoms with E-state index >= 15 is 0 Å². The summed E-state index contributed by atoms with van der Waals surface area (Å²) in [6, 6.07) is 19.4. The lowest BCUT2D eigenvalue weighted by atomic mass is 9.83. The van der Waals surface area contributed by atoms with Crippen LogP contribution in [0.5, 0.6) is 5.75 Å². The molecule has 208 valence electrons. The van der Waals surface area contributed by atoms with Gasteiger partial charge in [-0.25, -0.2) is 9.29 Å². The van der Waals surface area contributed by atoms with Gasteiger partial charge in [-0.3, -0.25) is 23.7 Å². The molecule has 1 saturated heterocycles. The molecule has 1 aromatic heterocycles. The van der Waals surface area contributed by atoms with Crippen LogP contribution in [-0.4, -0.2) is 34.6 Å². The van der Waals surface area contributed by atoms with Gasteiger partial charge in [0.25, 0.3) is 0 Å². The van der Waals surface area contributed by atoms with Gasteiger partial charge in [0.15, 0.2) is 0 Å². The van der Waals surface area contributed by atoms with Gasteiger partial charge in [-0.1, -0.05) is 51.2 Å². The van der Waals surface area contributed by atoms with E-state index in [0.717, 1.165) is 38.0 Å². The van der Waals surface area contributed by atoms with Crippen molar-refractivity contribution in [2.75, 3.05) is 17.3 Å². The van der Waals surface area contributed by atoms with Gasteiger partial charge in [0, 0.05) is 21.0 Å². The Labute approximate surface area is 250 Å². The lowest BCUT2D eigenvalue weighted by Crippen LogP contribution is -2.33. The molecule has 3 heterocycles. The lowest BCUT2D eigenvalue weighted by Gasteiger charge is -2.30. The van der Waals surface area contributed by atoms with Crippen LogP contribution in [0.2, 0.25) is 0 Å². The van der Waals surface area contributed by atoms with Crippen LogP contribution in [-0.2, 0) is 20.9 Å². The molecule has 12 heteroatoms. The summed E-state index contributed by atoms with van der Waals surface area (Å²) in [6.45, 7) is -0.266. The van der Waals surface area contributed by atoms with Crippen molar-refractivity contribution in [2.45, 2.75) is 22.7 Å². The van der Waals surface area contributed by atoms with Crippen molar-refractivity contribution in [3.63, 3.8) is 0 Å². The molecule has 3 atom stereocenters. The number of benzene rings is 3. The topological polar surface area (TPSA) is 97.7 Å². The van der Waals surface area contributed by atoms with Gasteiger partial charge >= 0.3 is 4.87 Å². The van der Waals surface area contributed by atoms with E-state index in [2.05, 4.69) is 21.2 Å². The molecule has 1 N–H and O–H groups in total. The zero-order chi connectivity index (χ0) is 28.8. The number of methoxy groups -OCH3 is 1. The van der Waals surface area contributed by atoms with Gasteiger partial charge in [0.2, 0.25) is 17.7 Å². The number of ether oxygens (including phenoxy) is 1. The SMILES string of the molecule is COc1ccc(NC(=O)Cn2c3c(sc2=O)[C@H](c2ccc(Br)cc2)C2C(=O)N(c4ccc(F)cc4)C(=O)C2S3)cc1. The number of fused-ring (bicyclic) bond motifs is 2. The number of thiazole rings is 1. The average molecular weight is 655 g/mol. The number of halogens is 2. The van der Waals surface area contributed by atoms with Crippen molar-refractivity contribution in [3.05, 3.63) is 103 Å². The molecule has 0 radical (unpaired) electrons. The molecule has 2 aliphatic rings. The maximum absolute atomic E-state index is 13.8. The van der Waals surface area contributed by atoms with E-state index in [-0.39, 0.29) is 17.1 Å². The Morgan fingerprint density at radius 2 is 1.66 bits per heavy atom. The van der Waals surface area contributed by atoms with Crippen molar-refractivity contribution < 1.29 is 23.5 Å². The Morgan fingerprint density at radius 3 is 2.32 bits per heavy atom. The van der Waals surface area contributed by atoms with Crippen molar-refractivity contribution in [2.24, 2.45) is 5.92 Å². The summed E-state index contributed by atoms with van der Waals surface area (Å²) in [5, 5.41) is 2.44. The summed E-state index contributed by atoms with van der Waals surface area (Å²) < 4.78 is 21.0. The number of carbonyl (C=O) groups is 3. The van der Waals surface area contributed by atoms with Crippen LogP contribution < -0.4 is 19.8 Å². The molecule has 3 amide bonds. The second-order valence-corrected chi connectivity index (χ2v) is 12.5. The highest BCUT2D eigenvalue weighted by Gasteiger charge is 2.56. The number of nitrogens with zero attached hydrogens (tertiary/aromatic N) is 2. The Morgan fingerprint density at radius 1 is 0.976 bits per heavy atom. The largest absolute Gasteiger partial charge is 0.497 e. The van der Waals surface area contributed by atoms with Crippen LogP contribution in [0.4, 0.5) is 15.8 Å². The number of hydrogen-bond donors (Lipinski definition) is 1. The van der Waals surface area contributed by atoms with Gasteiger partial charge in [-0.15, -0.1) is 0 Å². The number of imide groups is 1. The number of aromatic nitrogens is 1. The monoisotopic (exact) mass is 653 g/mol. The highest BCUT2D eigenvalue weighted by Crippen LogP contribution is 2.54. The van der Waals surface area contributed by atoms with E-state index < -0.39 is 40.6 Å². The number of rotatable bonds is 6. The quantitative estimate of drug-likeness (QED) is 0.285. The fourth-order valence-electron chi connectivity index (χ4n) is 5.15. The normalized spacial score (nSPS) is 19.6. The number of hydrogen-bond acceptors (Lipinski definition) is 7. The molecule has 3 aromatic carbocycles. The zero-order valence-electron chi connectivity index (χ0n) is 21.4. The molecule has 0 saturated carbocycles. The molecule has 0 bridgehead atoms. The maximum atomic E-state index is 13.8. The molecule has 2 aliphatic heterocycles. The third kappa shape index (κ3) is 5.00. The summed E-state index contributed by atoms with van der Waals surface area (Å²) in [6.07, 6.45) is 0. The summed E-state index contributed by atoms with van der Waals surface area (Å²) in [7, 11) is 1.55. The highest BCUT2D eigenvalue weighted by atomic mass is 79.9. The first kappa shape index (κ1) is 27.4. The standard InChI is InChI=1S/C29H21BrFN3O5S2/c1-39-20-12-8-18(9-13-20)32-21(35)14-33-28-25(41-29(33)38)22(15-2-4-16(30)5-3-15)23-24(40-28)27(37)34(26(23)36)19-10-6-17(31)7-11-19/h2-13,22-24H,14H2,1H3,(H,32,35)/t22-,23?,24?/m1/s1. The van der Waals surface area contributed by atoms with Crippen LogP contribution in [0.3, 0.4) is 0 Å². The summed E-state index contributed by atoms with van der Waals surface area (Å²) >= 11 is 5.54. The fourth-order valence-corrected chi connectivity index (χ4v) is 8.19. The smallest absolute Gasteiger partial charge is 0.308 e. The van der Waals surface area contributed by atoms with E-state index in [0.29, 0.717) is 21.3 Å². The van der Waals surface area contributed by atoms with Gasteiger partial charge in [0.05, 0.1) is 23.7 Å². The second-order valence-electron chi connectivity index (χ2n) is 9.48. The molecular formula is C29H21BrFN3O5S2. The van der Waals surface area contributed by atoms with E-state index in [1.165, 1.54) is 28.8 Å². The van der Waals surface area contributed by atoms with Crippen LogP contribution in [0.15, 0.2) is 87.1 Å². The number of anilines is 2. The Hall–Kier alpha value is -3.74. The van der Waals surface area contributed by atoms with Crippen molar-refractivity contribution in [1.82, 2.24) is 4.57 Å². The minimum absolute atomic E-state index is 0.266. The third-order valence-corrected chi connectivity index (χ3v) is 10.2. The Kier molecular flexibility index (Phi) is 7.30. The first-order chi connectivity index (χ1) is 19.7. The lowest BCUT2D eigenvalue weighted by molar-refractivity contribution is -0.122. The van der Waals surface area contributed by atoms with Gasteiger partial charge < -0.3 is 10.1 Å². The second kappa shape index (κ2) is 10.9. The molecule has 2 unspecified atom stereocenters. The molecule has 1 fully saturated rings. The number of carbonyl (C=O) groups excluding carboxylic acids is 3. The summed E-state index contributed by atoms with van der Waals surface area (Å²) in [4.78, 5) is 55.2. The van der Waals surface area contributed by atoms with Crippen LogP contribution in [0.25, 0.3) is 0 Å². The predicted octanol–water partition coefficient (Wildman–Crippen LogP) is 5.25. The van der Waals surface area contributed by atoms with E-state index in [1.807, 2.05) is 24.3 Å². The first-order valence-electron chi connectivity index (χ1n) is 12.5. The minimum atomic E-state index is -0.835. The minimum Gasteiger partial charge on any atom is -0.497 e. The van der Waals surface area contributed by atoms with Crippen LogP contribution in [0.1, 0.15) is 16.4 Å². The Balaban J connectivity index is 1.38. The number of thioether (sulfide) groups is 1. The predicted molar refractivity (Wildman–Crippen MR) is 158 cm³/mol. The van der Waals surface area contributed by atoms with Crippen LogP contribution >= 0.6 is 39.0 Å². The average Bonchev–Trinajstić information content (AvgIpc) is 3.40. The highest BCUT2D eigenvalue weighted by molar-refractivity contribution is 9.10. The molecule has 0 spiro atoms. The van der Waals surface area contributed by atoms with Crippen molar-refractivity contribution in [3.8, 4) is 5.75 Å². The molecule has 8 nitrogen and oxygen atoms in total. The molecular weight excluding hydrogens is 633 g/mol. The van der Waals surface area contributed by atoms with E-state index in [9.17, 15) is 23.6 Å². The molecule has 6 rings (SSSR count). The van der Waals surface area contributed by atoms with Crippen molar-refractivity contribution in [1.29, 1.82) is 0 Å². The number of nitrogens with one attached hydrogen (secondary N) is 1. The number of amides is 3. The first-order valence-corrected chi connectivity index (χ1v) is 15.0. The van der Waals surface area contributed by atoms with Gasteiger partial charge in [-0.2, -0.15) is 0 Å². The van der Waals surface area contributed by atoms with Crippen molar-refractivity contribution >= 4 is 68.1 Å². The molecule has 0 aliphatic carbocycles. The summed E-state index contributed by atoms with van der Waals surface area (Å²) in [5.74, 6) is -2.49. The van der Waals surface area contributed by atoms with E-state index in [4.69, 9.17) is 4.74 Å². The van der Waals surface area contributed by atoms with Gasteiger partial charge in [-0.05, 0) is 66.2 Å². The summed E-state index contributed by atoms with van der Waals surface area (Å²) in [5.41, 5.74) is 1.59. The third-order valence-electron chi connectivity index (χ3n) is 7.04. The van der Waals surface area contributed by atoms with Gasteiger partial charge in [0.1, 0.15) is 23.4 Å². The maximum Gasteiger partial charge on any atom is 0.308 e.